The summed E-state index contributed by atoms with van der Waals surface area (Å²) < 4.78 is 16.4. The molecule has 0 radical (unpaired) electrons. The van der Waals surface area contributed by atoms with Crippen molar-refractivity contribution in [1.82, 2.24) is 0 Å². The molecule has 0 bridgehead atoms. The van der Waals surface area contributed by atoms with E-state index in [0.29, 0.717) is 5.92 Å². The van der Waals surface area contributed by atoms with Crippen molar-refractivity contribution in [2.75, 3.05) is 21.3 Å². The van der Waals surface area contributed by atoms with Crippen molar-refractivity contribution in [3.05, 3.63) is 0 Å². The molecular weight excluding hydrogens is 168 g/mol. The number of ether oxygens (including phenoxy) is 3. The highest BCUT2D eigenvalue weighted by atomic mass is 16.7. The van der Waals surface area contributed by atoms with E-state index >= 15 is 0 Å². The van der Waals surface area contributed by atoms with Gasteiger partial charge in [-0.15, -0.1) is 0 Å². The van der Waals surface area contributed by atoms with Gasteiger partial charge in [0.25, 0.3) is 0 Å². The van der Waals surface area contributed by atoms with E-state index in [1.807, 2.05) is 0 Å². The highest BCUT2D eigenvalue weighted by molar-refractivity contribution is 4.88. The maximum Gasteiger partial charge on any atom is 0.194 e. The van der Waals surface area contributed by atoms with Crippen molar-refractivity contribution in [2.24, 2.45) is 5.92 Å². The summed E-state index contributed by atoms with van der Waals surface area (Å²) in [5, 5.41) is 0. The van der Waals surface area contributed by atoms with E-state index in [2.05, 4.69) is 6.92 Å². The SMILES string of the molecule is COC1C(C)CCCC1(OC)OC. The maximum atomic E-state index is 5.45. The van der Waals surface area contributed by atoms with E-state index < -0.39 is 5.79 Å². The summed E-state index contributed by atoms with van der Waals surface area (Å²) >= 11 is 0. The molecule has 78 valence electrons. The Labute approximate surface area is 80.4 Å². The van der Waals surface area contributed by atoms with Gasteiger partial charge in [0.05, 0.1) is 0 Å². The van der Waals surface area contributed by atoms with Crippen molar-refractivity contribution in [1.29, 1.82) is 0 Å². The lowest BCUT2D eigenvalue weighted by Crippen LogP contribution is -2.52. The summed E-state index contributed by atoms with van der Waals surface area (Å²) in [4.78, 5) is 0. The predicted octanol–water partition coefficient (Wildman–Crippen LogP) is 1.81. The molecule has 3 heteroatoms. The van der Waals surface area contributed by atoms with Crippen LogP contribution < -0.4 is 0 Å². The Hall–Kier alpha value is -0.120. The number of hydrogen-bond donors (Lipinski definition) is 0. The highest BCUT2D eigenvalue weighted by Gasteiger charge is 2.45. The van der Waals surface area contributed by atoms with Gasteiger partial charge in [0.1, 0.15) is 6.10 Å². The molecule has 0 saturated heterocycles. The van der Waals surface area contributed by atoms with Gasteiger partial charge in [-0.25, -0.2) is 0 Å². The zero-order chi connectivity index (χ0) is 9.90. The first-order chi connectivity index (χ1) is 6.20. The standard InChI is InChI=1S/C10H20O3/c1-8-6-5-7-10(12-3,13-4)9(8)11-2/h8-9H,5-7H2,1-4H3. The van der Waals surface area contributed by atoms with Crippen LogP contribution in [0.2, 0.25) is 0 Å². The Morgan fingerprint density at radius 3 is 2.15 bits per heavy atom. The molecule has 0 heterocycles. The van der Waals surface area contributed by atoms with Gasteiger partial charge in [0.2, 0.25) is 0 Å². The van der Waals surface area contributed by atoms with Crippen LogP contribution in [0, 0.1) is 5.92 Å². The topological polar surface area (TPSA) is 27.7 Å². The zero-order valence-corrected chi connectivity index (χ0v) is 9.00. The minimum Gasteiger partial charge on any atom is -0.376 e. The lowest BCUT2D eigenvalue weighted by atomic mass is 9.83. The van der Waals surface area contributed by atoms with Gasteiger partial charge in [0.15, 0.2) is 5.79 Å². The smallest absolute Gasteiger partial charge is 0.194 e. The van der Waals surface area contributed by atoms with Crippen LogP contribution in [0.1, 0.15) is 26.2 Å². The molecule has 0 aromatic rings. The molecule has 1 rings (SSSR count). The summed E-state index contributed by atoms with van der Waals surface area (Å²) in [7, 11) is 5.10. The fraction of sp³-hybridized carbons (Fsp3) is 1.00. The lowest BCUT2D eigenvalue weighted by Gasteiger charge is -2.43. The summed E-state index contributed by atoms with van der Waals surface area (Å²) in [6.45, 7) is 2.18. The quantitative estimate of drug-likeness (QED) is 0.632. The zero-order valence-electron chi connectivity index (χ0n) is 9.00. The third-order valence-electron chi connectivity index (χ3n) is 3.08. The van der Waals surface area contributed by atoms with Crippen LogP contribution in [0.4, 0.5) is 0 Å². The Morgan fingerprint density at radius 2 is 1.77 bits per heavy atom. The monoisotopic (exact) mass is 188 g/mol. The molecule has 1 fully saturated rings. The fourth-order valence-electron chi connectivity index (χ4n) is 2.33. The minimum absolute atomic E-state index is 0.0521. The van der Waals surface area contributed by atoms with Gasteiger partial charge in [-0.1, -0.05) is 6.92 Å². The molecule has 0 N–H and O–H groups in total. The number of methoxy groups -OCH3 is 3. The van der Waals surface area contributed by atoms with E-state index in [1.54, 1.807) is 21.3 Å². The van der Waals surface area contributed by atoms with Crippen LogP contribution in [-0.2, 0) is 14.2 Å². The second kappa shape index (κ2) is 4.40. The molecule has 13 heavy (non-hydrogen) atoms. The summed E-state index contributed by atoms with van der Waals surface area (Å²) in [6, 6.07) is 0. The van der Waals surface area contributed by atoms with Gasteiger partial charge in [0, 0.05) is 27.8 Å². The summed E-state index contributed by atoms with van der Waals surface area (Å²) in [6.07, 6.45) is 3.30. The fourth-order valence-corrected chi connectivity index (χ4v) is 2.33. The largest absolute Gasteiger partial charge is 0.376 e. The average Bonchev–Trinajstić information content (AvgIpc) is 2.17. The van der Waals surface area contributed by atoms with E-state index in [0.717, 1.165) is 12.8 Å². The van der Waals surface area contributed by atoms with Crippen LogP contribution >= 0.6 is 0 Å². The molecule has 0 amide bonds. The maximum absolute atomic E-state index is 5.45. The van der Waals surface area contributed by atoms with Gasteiger partial charge < -0.3 is 14.2 Å². The molecule has 1 saturated carbocycles. The van der Waals surface area contributed by atoms with E-state index in [9.17, 15) is 0 Å². The van der Waals surface area contributed by atoms with Crippen LogP contribution in [0.25, 0.3) is 0 Å². The first-order valence-electron chi connectivity index (χ1n) is 4.83. The summed E-state index contributed by atoms with van der Waals surface area (Å²) in [5.41, 5.74) is 0. The Bertz CT molecular complexity index is 154. The van der Waals surface area contributed by atoms with Gasteiger partial charge in [-0.2, -0.15) is 0 Å². The van der Waals surface area contributed by atoms with Crippen molar-refractivity contribution in [2.45, 2.75) is 38.1 Å². The molecular formula is C10H20O3. The molecule has 2 unspecified atom stereocenters. The lowest BCUT2D eigenvalue weighted by molar-refractivity contribution is -0.288. The molecule has 0 aromatic heterocycles. The van der Waals surface area contributed by atoms with Gasteiger partial charge in [-0.3, -0.25) is 0 Å². The first-order valence-corrected chi connectivity index (χ1v) is 4.83. The molecule has 0 spiro atoms. The molecule has 1 aliphatic rings. The van der Waals surface area contributed by atoms with E-state index in [-0.39, 0.29) is 6.10 Å². The third-order valence-corrected chi connectivity index (χ3v) is 3.08. The number of hydrogen-bond acceptors (Lipinski definition) is 3. The predicted molar refractivity (Wildman–Crippen MR) is 50.6 cm³/mol. The number of rotatable bonds is 3. The normalized spacial score (nSPS) is 33.2. The van der Waals surface area contributed by atoms with Crippen molar-refractivity contribution < 1.29 is 14.2 Å². The van der Waals surface area contributed by atoms with Crippen LogP contribution in [0.15, 0.2) is 0 Å². The van der Waals surface area contributed by atoms with Crippen LogP contribution in [-0.4, -0.2) is 33.2 Å². The third kappa shape index (κ3) is 1.87. The van der Waals surface area contributed by atoms with Gasteiger partial charge >= 0.3 is 0 Å². The van der Waals surface area contributed by atoms with Crippen LogP contribution in [0.3, 0.4) is 0 Å². The average molecular weight is 188 g/mol. The molecule has 2 atom stereocenters. The van der Waals surface area contributed by atoms with Gasteiger partial charge in [-0.05, 0) is 18.8 Å². The van der Waals surface area contributed by atoms with Crippen molar-refractivity contribution in [3.8, 4) is 0 Å². The molecule has 1 aliphatic carbocycles. The second-order valence-electron chi connectivity index (χ2n) is 3.75. The van der Waals surface area contributed by atoms with Crippen molar-refractivity contribution >= 4 is 0 Å². The first kappa shape index (κ1) is 11.0. The highest BCUT2D eigenvalue weighted by Crippen LogP contribution is 2.37. The summed E-state index contributed by atoms with van der Waals surface area (Å²) in [5.74, 6) is -0.0227. The van der Waals surface area contributed by atoms with E-state index in [1.165, 1.54) is 6.42 Å². The van der Waals surface area contributed by atoms with E-state index in [4.69, 9.17) is 14.2 Å². The Kier molecular flexibility index (Phi) is 3.71. The van der Waals surface area contributed by atoms with Crippen LogP contribution in [0.5, 0.6) is 0 Å². The Balaban J connectivity index is 2.78. The second-order valence-corrected chi connectivity index (χ2v) is 3.75. The van der Waals surface area contributed by atoms with Crippen molar-refractivity contribution in [3.63, 3.8) is 0 Å². The molecule has 0 aromatic carbocycles. The minimum atomic E-state index is -0.521. The molecule has 0 aliphatic heterocycles. The Morgan fingerprint density at radius 1 is 1.15 bits per heavy atom. The molecule has 3 nitrogen and oxygen atoms in total.